The lowest BCUT2D eigenvalue weighted by atomic mass is 9.97. The van der Waals surface area contributed by atoms with E-state index in [0.29, 0.717) is 17.7 Å². The number of carbonyl (C=O) groups excluding carboxylic acids is 4. The van der Waals surface area contributed by atoms with Crippen molar-refractivity contribution in [2.75, 3.05) is 11.9 Å². The molecule has 0 radical (unpaired) electrons. The molecule has 236 valence electrons. The Morgan fingerprint density at radius 3 is 2.14 bits per heavy atom. The number of aromatic hydroxyl groups is 1. The number of alkyl carbamates (subject to hydrolysis) is 1. The van der Waals surface area contributed by atoms with Crippen LogP contribution in [0, 0.1) is 20.8 Å². The SMILES string of the molecule is CCCCCCN(C(=O)C(CCC(N)=O)NC(=O)OC(C)(C)C)C(C(=O)Nc1c(C)cccc1C)c1cccc(C)c1O. The van der Waals surface area contributed by atoms with Gasteiger partial charge in [0.05, 0.1) is 0 Å². The first-order valence-electron chi connectivity index (χ1n) is 14.9. The number of nitrogens with one attached hydrogen (secondary N) is 2. The molecule has 0 bridgehead atoms. The van der Waals surface area contributed by atoms with Gasteiger partial charge in [0, 0.05) is 24.2 Å². The zero-order valence-electron chi connectivity index (χ0n) is 26.6. The van der Waals surface area contributed by atoms with Gasteiger partial charge in [0.25, 0.3) is 5.91 Å². The number of nitrogens with zero attached hydrogens (tertiary/aromatic N) is 1. The summed E-state index contributed by atoms with van der Waals surface area (Å²) in [4.78, 5) is 54.5. The molecular formula is C33H48N4O6. The van der Waals surface area contributed by atoms with Gasteiger partial charge in [-0.3, -0.25) is 14.4 Å². The number of ether oxygens (including phenoxy) is 1. The monoisotopic (exact) mass is 596 g/mol. The number of unbranched alkanes of at least 4 members (excludes halogenated alkanes) is 3. The zero-order chi connectivity index (χ0) is 32.3. The quantitative estimate of drug-likeness (QED) is 0.210. The Labute approximate surface area is 255 Å². The van der Waals surface area contributed by atoms with Crippen molar-refractivity contribution in [3.8, 4) is 5.75 Å². The number of phenols is 1. The van der Waals surface area contributed by atoms with E-state index in [0.717, 1.165) is 30.4 Å². The Kier molecular flexibility index (Phi) is 13.0. The summed E-state index contributed by atoms with van der Waals surface area (Å²) in [7, 11) is 0. The minimum absolute atomic E-state index is 0.0933. The number of para-hydroxylation sites is 2. The smallest absolute Gasteiger partial charge is 0.408 e. The van der Waals surface area contributed by atoms with Gasteiger partial charge in [0.1, 0.15) is 23.4 Å². The molecule has 0 aromatic heterocycles. The van der Waals surface area contributed by atoms with Crippen LogP contribution in [0.15, 0.2) is 36.4 Å². The molecule has 2 aromatic rings. The van der Waals surface area contributed by atoms with Crippen LogP contribution in [0.2, 0.25) is 0 Å². The standard InChI is InChI=1S/C33H48N4O6/c1-8-9-10-11-20-37(31(41)25(18-19-26(34)38)35-32(42)43-33(5,6)7)28(24-17-13-16-23(4)29(24)39)30(40)36-27-21(2)14-12-15-22(27)3/h12-17,25,28,39H,8-11,18-20H2,1-7H3,(H2,34,38)(H,35,42)(H,36,40). The maximum atomic E-state index is 14.4. The van der Waals surface area contributed by atoms with E-state index >= 15 is 0 Å². The molecule has 10 nitrogen and oxygen atoms in total. The molecule has 10 heteroatoms. The number of anilines is 1. The number of primary amides is 1. The normalized spacial score (nSPS) is 12.6. The van der Waals surface area contributed by atoms with Crippen molar-refractivity contribution in [1.29, 1.82) is 0 Å². The second-order valence-corrected chi connectivity index (χ2v) is 12.0. The highest BCUT2D eigenvalue weighted by atomic mass is 16.6. The van der Waals surface area contributed by atoms with Crippen molar-refractivity contribution in [3.63, 3.8) is 0 Å². The number of amides is 4. The van der Waals surface area contributed by atoms with Crippen LogP contribution in [0.5, 0.6) is 5.75 Å². The van der Waals surface area contributed by atoms with Gasteiger partial charge in [-0.15, -0.1) is 0 Å². The highest BCUT2D eigenvalue weighted by Gasteiger charge is 2.38. The number of benzene rings is 2. The summed E-state index contributed by atoms with van der Waals surface area (Å²) in [5.74, 6) is -1.86. The van der Waals surface area contributed by atoms with Crippen molar-refractivity contribution in [2.24, 2.45) is 5.73 Å². The van der Waals surface area contributed by atoms with Gasteiger partial charge in [-0.25, -0.2) is 4.79 Å². The molecule has 2 aromatic carbocycles. The van der Waals surface area contributed by atoms with Crippen LogP contribution in [0.1, 0.15) is 94.5 Å². The van der Waals surface area contributed by atoms with E-state index in [-0.39, 0.29) is 30.7 Å². The predicted molar refractivity (Wildman–Crippen MR) is 168 cm³/mol. The number of carbonyl (C=O) groups is 4. The molecule has 0 spiro atoms. The topological polar surface area (TPSA) is 151 Å². The molecule has 0 aliphatic carbocycles. The van der Waals surface area contributed by atoms with E-state index in [1.54, 1.807) is 45.9 Å². The molecule has 0 fully saturated rings. The van der Waals surface area contributed by atoms with E-state index in [1.807, 2.05) is 32.0 Å². The van der Waals surface area contributed by atoms with Crippen LogP contribution < -0.4 is 16.4 Å². The van der Waals surface area contributed by atoms with Crippen LogP contribution >= 0.6 is 0 Å². The number of nitrogens with two attached hydrogens (primary N) is 1. The largest absolute Gasteiger partial charge is 0.507 e. The van der Waals surface area contributed by atoms with Crippen molar-refractivity contribution in [1.82, 2.24) is 10.2 Å². The Morgan fingerprint density at radius 1 is 0.953 bits per heavy atom. The Hall–Kier alpha value is -4.08. The number of phenolic OH excluding ortho intramolecular Hbond substituents is 1. The third-order valence-electron chi connectivity index (χ3n) is 7.06. The van der Waals surface area contributed by atoms with Gasteiger partial charge in [-0.1, -0.05) is 62.6 Å². The summed E-state index contributed by atoms with van der Waals surface area (Å²) in [6.45, 7) is 12.8. The average Bonchev–Trinajstić information content (AvgIpc) is 2.91. The first-order chi connectivity index (χ1) is 20.2. The fourth-order valence-electron chi connectivity index (χ4n) is 4.83. The Bertz CT molecular complexity index is 1270. The van der Waals surface area contributed by atoms with E-state index in [4.69, 9.17) is 10.5 Å². The minimum atomic E-state index is -1.25. The lowest BCUT2D eigenvalue weighted by Crippen LogP contribution is -2.53. The molecule has 2 atom stereocenters. The lowest BCUT2D eigenvalue weighted by molar-refractivity contribution is -0.141. The van der Waals surface area contributed by atoms with Crippen molar-refractivity contribution >= 4 is 29.5 Å². The molecule has 2 unspecified atom stereocenters. The van der Waals surface area contributed by atoms with Crippen LogP contribution in [-0.4, -0.2) is 52.0 Å². The lowest BCUT2D eigenvalue weighted by Gasteiger charge is -2.35. The summed E-state index contributed by atoms with van der Waals surface area (Å²) in [6.07, 6.45) is 2.17. The maximum Gasteiger partial charge on any atom is 0.408 e. The highest BCUT2D eigenvalue weighted by molar-refractivity contribution is 6.00. The van der Waals surface area contributed by atoms with Gasteiger partial charge in [0.15, 0.2) is 0 Å². The van der Waals surface area contributed by atoms with E-state index < -0.39 is 41.5 Å². The summed E-state index contributed by atoms with van der Waals surface area (Å²) in [5.41, 5.74) is 7.66. The maximum absolute atomic E-state index is 14.4. The molecule has 0 aliphatic rings. The average molecular weight is 597 g/mol. The van der Waals surface area contributed by atoms with E-state index in [2.05, 4.69) is 17.6 Å². The van der Waals surface area contributed by atoms with Crippen molar-refractivity contribution in [2.45, 2.75) is 105 Å². The van der Waals surface area contributed by atoms with E-state index in [9.17, 15) is 24.3 Å². The van der Waals surface area contributed by atoms with Crippen LogP contribution in [0.25, 0.3) is 0 Å². The fourth-order valence-corrected chi connectivity index (χ4v) is 4.83. The number of hydrogen-bond donors (Lipinski definition) is 4. The predicted octanol–water partition coefficient (Wildman–Crippen LogP) is 5.56. The minimum Gasteiger partial charge on any atom is -0.507 e. The molecule has 4 amide bonds. The zero-order valence-corrected chi connectivity index (χ0v) is 26.6. The Balaban J connectivity index is 2.65. The number of aryl methyl sites for hydroxylation is 3. The molecule has 0 saturated heterocycles. The summed E-state index contributed by atoms with van der Waals surface area (Å²) < 4.78 is 5.39. The number of hydrogen-bond acceptors (Lipinski definition) is 6. The molecule has 2 rings (SSSR count). The summed E-state index contributed by atoms with van der Waals surface area (Å²) in [6, 6.07) is 8.22. The first-order valence-corrected chi connectivity index (χ1v) is 14.9. The summed E-state index contributed by atoms with van der Waals surface area (Å²) in [5, 5.41) is 16.7. The van der Waals surface area contributed by atoms with Gasteiger partial charge in [-0.05, 0) is 71.1 Å². The van der Waals surface area contributed by atoms with E-state index in [1.165, 1.54) is 4.90 Å². The molecule has 5 N–H and O–H groups in total. The molecule has 0 heterocycles. The molecule has 0 aliphatic heterocycles. The van der Waals surface area contributed by atoms with Gasteiger partial charge in [-0.2, -0.15) is 0 Å². The van der Waals surface area contributed by atoms with Crippen LogP contribution in [0.4, 0.5) is 10.5 Å². The van der Waals surface area contributed by atoms with Crippen LogP contribution in [0.3, 0.4) is 0 Å². The first kappa shape index (κ1) is 35.1. The van der Waals surface area contributed by atoms with Crippen molar-refractivity contribution in [3.05, 3.63) is 58.7 Å². The van der Waals surface area contributed by atoms with Gasteiger partial charge in [0.2, 0.25) is 11.8 Å². The molecule has 0 saturated carbocycles. The van der Waals surface area contributed by atoms with Crippen molar-refractivity contribution < 1.29 is 29.0 Å². The summed E-state index contributed by atoms with van der Waals surface area (Å²) >= 11 is 0. The van der Waals surface area contributed by atoms with Gasteiger partial charge < -0.3 is 31.1 Å². The third kappa shape index (κ3) is 10.6. The Morgan fingerprint density at radius 2 is 1.56 bits per heavy atom. The van der Waals surface area contributed by atoms with Gasteiger partial charge >= 0.3 is 6.09 Å². The fraction of sp³-hybridized carbons (Fsp3) is 0.515. The molecular weight excluding hydrogens is 548 g/mol. The molecule has 43 heavy (non-hydrogen) atoms. The second-order valence-electron chi connectivity index (χ2n) is 12.0. The number of rotatable bonds is 14. The highest BCUT2D eigenvalue weighted by Crippen LogP contribution is 2.34. The van der Waals surface area contributed by atoms with Crippen LogP contribution in [-0.2, 0) is 19.1 Å². The third-order valence-corrected chi connectivity index (χ3v) is 7.06. The second kappa shape index (κ2) is 16.0.